The van der Waals surface area contributed by atoms with Gasteiger partial charge in [-0.2, -0.15) is 4.31 Å². The zero-order valence-corrected chi connectivity index (χ0v) is 12.1. The molecule has 2 atom stereocenters. The molecule has 0 aliphatic carbocycles. The first kappa shape index (κ1) is 13.7. The maximum absolute atomic E-state index is 12.4. The highest BCUT2D eigenvalue weighted by molar-refractivity contribution is 7.89. The molecule has 0 N–H and O–H groups in total. The Morgan fingerprint density at radius 2 is 1.89 bits per heavy atom. The largest absolute Gasteiger partial charge is 0.259 e. The van der Waals surface area contributed by atoms with Gasteiger partial charge in [-0.15, -0.1) is 0 Å². The summed E-state index contributed by atoms with van der Waals surface area (Å²) >= 11 is 0. The van der Waals surface area contributed by atoms with Crippen LogP contribution in [0.5, 0.6) is 0 Å². The zero-order valence-electron chi connectivity index (χ0n) is 10.5. The second-order valence-corrected chi connectivity index (χ2v) is 8.48. The first-order valence-corrected chi connectivity index (χ1v) is 8.67. The molecule has 0 aromatic heterocycles. The topological polar surface area (TPSA) is 54.5 Å². The van der Waals surface area contributed by atoms with Crippen LogP contribution in [0.15, 0.2) is 29.2 Å². The number of hydrogen-bond donors (Lipinski definition) is 0. The normalized spacial score (nSPS) is 26.1. The van der Waals surface area contributed by atoms with Gasteiger partial charge in [0.1, 0.15) is 0 Å². The fourth-order valence-electron chi connectivity index (χ4n) is 1.93. The standard InChI is InChI=1S/C12H17NO3S2/c1-10-3-5-12(6-4-10)18(15,16)13-7-8-17(14)11(2)9-13/h3-6,11H,7-9H2,1-2H3/t11-,17+/m0/s1. The second kappa shape index (κ2) is 5.11. The SMILES string of the molecule is Cc1ccc(S(=O)(=O)N2CC[S@@](=O)[C@@H](C)C2)cc1. The predicted molar refractivity (Wildman–Crippen MR) is 72.4 cm³/mol. The molecular formula is C12H17NO3S2. The summed E-state index contributed by atoms with van der Waals surface area (Å²) in [6.07, 6.45) is 0. The molecule has 0 radical (unpaired) electrons. The Kier molecular flexibility index (Phi) is 3.89. The summed E-state index contributed by atoms with van der Waals surface area (Å²) in [6.45, 7) is 4.42. The third-order valence-corrected chi connectivity index (χ3v) is 6.62. The van der Waals surface area contributed by atoms with Crippen LogP contribution >= 0.6 is 0 Å². The van der Waals surface area contributed by atoms with Crippen molar-refractivity contribution in [2.45, 2.75) is 24.0 Å². The van der Waals surface area contributed by atoms with E-state index in [0.717, 1.165) is 5.56 Å². The molecule has 0 spiro atoms. The number of sulfonamides is 1. The maximum Gasteiger partial charge on any atom is 0.243 e. The number of nitrogens with zero attached hydrogens (tertiary/aromatic N) is 1. The van der Waals surface area contributed by atoms with Gasteiger partial charge >= 0.3 is 0 Å². The van der Waals surface area contributed by atoms with E-state index in [4.69, 9.17) is 0 Å². The summed E-state index contributed by atoms with van der Waals surface area (Å²) in [7, 11) is -4.34. The van der Waals surface area contributed by atoms with Gasteiger partial charge in [0.05, 0.1) is 4.90 Å². The van der Waals surface area contributed by atoms with Crippen molar-refractivity contribution in [3.8, 4) is 0 Å². The van der Waals surface area contributed by atoms with Gasteiger partial charge in [-0.25, -0.2) is 8.42 Å². The zero-order chi connectivity index (χ0) is 13.3. The van der Waals surface area contributed by atoms with Crippen molar-refractivity contribution < 1.29 is 12.6 Å². The maximum atomic E-state index is 12.4. The van der Waals surface area contributed by atoms with Gasteiger partial charge in [-0.3, -0.25) is 4.21 Å². The van der Waals surface area contributed by atoms with Crippen LogP contribution in [0, 0.1) is 6.92 Å². The molecule has 0 unspecified atom stereocenters. The third-order valence-electron chi connectivity index (χ3n) is 3.11. The lowest BCUT2D eigenvalue weighted by atomic mass is 10.2. The lowest BCUT2D eigenvalue weighted by Crippen LogP contribution is -2.45. The Hall–Kier alpha value is -0.720. The lowest BCUT2D eigenvalue weighted by molar-refractivity contribution is 0.417. The van der Waals surface area contributed by atoms with Gasteiger partial charge in [0.2, 0.25) is 10.0 Å². The van der Waals surface area contributed by atoms with Crippen molar-refractivity contribution in [1.29, 1.82) is 0 Å². The molecule has 2 rings (SSSR count). The minimum atomic E-state index is -3.44. The van der Waals surface area contributed by atoms with Crippen LogP contribution in [0.2, 0.25) is 0 Å². The van der Waals surface area contributed by atoms with Crippen LogP contribution in [0.1, 0.15) is 12.5 Å². The van der Waals surface area contributed by atoms with Gasteiger partial charge in [0.25, 0.3) is 0 Å². The van der Waals surface area contributed by atoms with Crippen molar-refractivity contribution in [1.82, 2.24) is 4.31 Å². The van der Waals surface area contributed by atoms with E-state index in [1.54, 1.807) is 24.3 Å². The summed E-state index contributed by atoms with van der Waals surface area (Å²) in [5.41, 5.74) is 1.03. The van der Waals surface area contributed by atoms with E-state index >= 15 is 0 Å². The van der Waals surface area contributed by atoms with E-state index in [9.17, 15) is 12.6 Å². The fraction of sp³-hybridized carbons (Fsp3) is 0.500. The Bertz CT molecular complexity index is 551. The molecule has 6 heteroatoms. The molecule has 0 saturated carbocycles. The molecule has 4 nitrogen and oxygen atoms in total. The molecule has 1 aliphatic rings. The smallest absolute Gasteiger partial charge is 0.243 e. The second-order valence-electron chi connectivity index (χ2n) is 4.57. The molecule has 1 heterocycles. The molecule has 0 bridgehead atoms. The number of hydrogen-bond acceptors (Lipinski definition) is 3. The summed E-state index contributed by atoms with van der Waals surface area (Å²) in [6, 6.07) is 6.83. The van der Waals surface area contributed by atoms with Gasteiger partial charge < -0.3 is 0 Å². The summed E-state index contributed by atoms with van der Waals surface area (Å²) in [5.74, 6) is 0.423. The Morgan fingerprint density at radius 3 is 2.44 bits per heavy atom. The van der Waals surface area contributed by atoms with E-state index < -0.39 is 20.8 Å². The van der Waals surface area contributed by atoms with Crippen LogP contribution in [0.25, 0.3) is 0 Å². The van der Waals surface area contributed by atoms with E-state index in [1.807, 2.05) is 13.8 Å². The molecule has 18 heavy (non-hydrogen) atoms. The van der Waals surface area contributed by atoms with Crippen molar-refractivity contribution in [2.75, 3.05) is 18.8 Å². The van der Waals surface area contributed by atoms with E-state index in [1.165, 1.54) is 4.31 Å². The first-order chi connectivity index (χ1) is 8.41. The summed E-state index contributed by atoms with van der Waals surface area (Å²) in [4.78, 5) is 0.313. The molecule has 1 aliphatic heterocycles. The molecule has 1 aromatic carbocycles. The predicted octanol–water partition coefficient (Wildman–Crippen LogP) is 1.14. The van der Waals surface area contributed by atoms with Gasteiger partial charge in [-0.05, 0) is 26.0 Å². The number of benzene rings is 1. The average Bonchev–Trinajstić information content (AvgIpc) is 2.33. The third kappa shape index (κ3) is 2.65. The van der Waals surface area contributed by atoms with E-state index in [2.05, 4.69) is 0 Å². The van der Waals surface area contributed by atoms with Gasteiger partial charge in [-0.1, -0.05) is 17.7 Å². The van der Waals surface area contributed by atoms with Crippen LogP contribution in [-0.4, -0.2) is 41.0 Å². The Morgan fingerprint density at radius 1 is 1.28 bits per heavy atom. The molecule has 100 valence electrons. The van der Waals surface area contributed by atoms with Crippen LogP contribution in [-0.2, 0) is 20.8 Å². The number of aryl methyl sites for hydroxylation is 1. The molecule has 1 fully saturated rings. The van der Waals surface area contributed by atoms with Crippen LogP contribution in [0.3, 0.4) is 0 Å². The average molecular weight is 287 g/mol. The van der Waals surface area contributed by atoms with Gasteiger partial charge in [0.15, 0.2) is 0 Å². The van der Waals surface area contributed by atoms with Crippen molar-refractivity contribution in [3.63, 3.8) is 0 Å². The van der Waals surface area contributed by atoms with Crippen LogP contribution in [0.4, 0.5) is 0 Å². The Balaban J connectivity index is 2.26. The molecular weight excluding hydrogens is 270 g/mol. The minimum Gasteiger partial charge on any atom is -0.259 e. The monoisotopic (exact) mass is 287 g/mol. The summed E-state index contributed by atoms with van der Waals surface area (Å²) in [5, 5.41) is -0.0982. The van der Waals surface area contributed by atoms with Gasteiger partial charge in [0, 0.05) is 34.9 Å². The molecule has 0 amide bonds. The number of rotatable bonds is 2. The van der Waals surface area contributed by atoms with E-state index in [0.29, 0.717) is 23.7 Å². The minimum absolute atomic E-state index is 0.0982. The van der Waals surface area contributed by atoms with Crippen molar-refractivity contribution in [3.05, 3.63) is 29.8 Å². The quantitative estimate of drug-likeness (QED) is 0.819. The lowest BCUT2D eigenvalue weighted by Gasteiger charge is -2.29. The molecule has 1 saturated heterocycles. The molecule has 1 aromatic rings. The fourth-order valence-corrected chi connectivity index (χ4v) is 4.82. The highest BCUT2D eigenvalue weighted by Gasteiger charge is 2.31. The Labute approximate surface area is 111 Å². The van der Waals surface area contributed by atoms with Crippen molar-refractivity contribution >= 4 is 20.8 Å². The summed E-state index contributed by atoms with van der Waals surface area (Å²) < 4.78 is 37.7. The van der Waals surface area contributed by atoms with Crippen LogP contribution < -0.4 is 0 Å². The van der Waals surface area contributed by atoms with Crippen molar-refractivity contribution in [2.24, 2.45) is 0 Å². The first-order valence-electron chi connectivity index (χ1n) is 5.85. The highest BCUT2D eigenvalue weighted by atomic mass is 32.2. The van der Waals surface area contributed by atoms with E-state index in [-0.39, 0.29) is 5.25 Å². The highest BCUT2D eigenvalue weighted by Crippen LogP contribution is 2.20.